The van der Waals surface area contributed by atoms with Crippen LogP contribution in [-0.2, 0) is 10.2 Å². The minimum Gasteiger partial charge on any atom is -0.303 e. The molecular formula is C19H32N4O2S. The highest BCUT2D eigenvalue weighted by atomic mass is 32.2. The maximum Gasteiger partial charge on any atom is 0.279 e. The summed E-state index contributed by atoms with van der Waals surface area (Å²) in [6, 6.07) is 10.8. The van der Waals surface area contributed by atoms with Gasteiger partial charge in [-0.15, -0.1) is 0 Å². The van der Waals surface area contributed by atoms with Crippen molar-refractivity contribution in [1.82, 2.24) is 18.8 Å². The molecule has 2 aliphatic heterocycles. The number of piperazine rings is 1. The summed E-state index contributed by atoms with van der Waals surface area (Å²) in [5, 5.41) is 0. The van der Waals surface area contributed by atoms with Gasteiger partial charge in [0.05, 0.1) is 0 Å². The van der Waals surface area contributed by atoms with Gasteiger partial charge >= 0.3 is 0 Å². The molecule has 0 bridgehead atoms. The van der Waals surface area contributed by atoms with Crippen molar-refractivity contribution in [3.05, 3.63) is 35.9 Å². The van der Waals surface area contributed by atoms with E-state index in [1.807, 2.05) is 6.07 Å². The summed E-state index contributed by atoms with van der Waals surface area (Å²) in [5.74, 6) is 0.445. The fourth-order valence-electron chi connectivity index (χ4n) is 3.99. The lowest BCUT2D eigenvalue weighted by molar-refractivity contribution is 0.0918. The molecule has 3 rings (SSSR count). The fraction of sp³-hybridized carbons (Fsp3) is 0.684. The van der Waals surface area contributed by atoms with Gasteiger partial charge in [-0.05, 0) is 31.4 Å². The molecule has 0 saturated carbocycles. The molecule has 0 aliphatic carbocycles. The smallest absolute Gasteiger partial charge is 0.279 e. The Morgan fingerprint density at radius 1 is 1.12 bits per heavy atom. The molecular weight excluding hydrogens is 348 g/mol. The van der Waals surface area contributed by atoms with Crippen molar-refractivity contribution >= 4 is 10.2 Å². The van der Waals surface area contributed by atoms with Crippen LogP contribution in [0.2, 0.25) is 0 Å². The van der Waals surface area contributed by atoms with Crippen molar-refractivity contribution in [1.29, 1.82) is 0 Å². The molecule has 0 unspecified atom stereocenters. The Morgan fingerprint density at radius 3 is 2.62 bits per heavy atom. The first-order chi connectivity index (χ1) is 12.5. The number of nitrogens with one attached hydrogen (secondary N) is 1. The molecule has 7 heteroatoms. The summed E-state index contributed by atoms with van der Waals surface area (Å²) >= 11 is 0. The van der Waals surface area contributed by atoms with Crippen LogP contribution < -0.4 is 4.72 Å². The molecule has 1 N–H and O–H groups in total. The Morgan fingerprint density at radius 2 is 1.88 bits per heavy atom. The summed E-state index contributed by atoms with van der Waals surface area (Å²) in [4.78, 5) is 4.74. The Hall–Kier alpha value is -0.990. The summed E-state index contributed by atoms with van der Waals surface area (Å²) < 4.78 is 29.6. The van der Waals surface area contributed by atoms with Gasteiger partial charge < -0.3 is 4.90 Å². The zero-order chi connectivity index (χ0) is 18.6. The van der Waals surface area contributed by atoms with E-state index < -0.39 is 10.2 Å². The number of hydrogen-bond donors (Lipinski definition) is 1. The number of nitrogens with zero attached hydrogens (tertiary/aromatic N) is 3. The van der Waals surface area contributed by atoms with Crippen molar-refractivity contribution in [3.63, 3.8) is 0 Å². The van der Waals surface area contributed by atoms with Crippen LogP contribution in [0, 0.1) is 5.92 Å². The highest BCUT2D eigenvalue weighted by molar-refractivity contribution is 7.87. The molecule has 2 fully saturated rings. The van der Waals surface area contributed by atoms with Gasteiger partial charge in [-0.25, -0.2) is 4.72 Å². The first kappa shape index (κ1) is 19.8. The van der Waals surface area contributed by atoms with E-state index >= 15 is 0 Å². The van der Waals surface area contributed by atoms with E-state index in [9.17, 15) is 8.42 Å². The average molecular weight is 381 g/mol. The third-order valence-corrected chi connectivity index (χ3v) is 7.10. The summed E-state index contributed by atoms with van der Waals surface area (Å²) in [5.41, 5.74) is 1.30. The standard InChI is InChI=1S/C19H32N4O2S/c1-17-7-6-11-23(15-17)26(24,25)20-10-12-22-14-13-21(2)16-19(22)18-8-4-3-5-9-18/h3-5,8-9,17,19-20H,6-7,10-16H2,1-2H3/t17-,19+/m1/s1. The van der Waals surface area contributed by atoms with Gasteiger partial charge in [0.15, 0.2) is 0 Å². The second-order valence-corrected chi connectivity index (χ2v) is 9.48. The zero-order valence-electron chi connectivity index (χ0n) is 16.0. The highest BCUT2D eigenvalue weighted by Gasteiger charge is 2.29. The first-order valence-electron chi connectivity index (χ1n) is 9.68. The highest BCUT2D eigenvalue weighted by Crippen LogP contribution is 2.24. The molecule has 2 heterocycles. The largest absolute Gasteiger partial charge is 0.303 e. The van der Waals surface area contributed by atoms with E-state index in [1.54, 1.807) is 4.31 Å². The van der Waals surface area contributed by atoms with Crippen molar-refractivity contribution in [3.8, 4) is 0 Å². The molecule has 6 nitrogen and oxygen atoms in total. The second kappa shape index (κ2) is 8.80. The molecule has 0 aromatic heterocycles. The fourth-order valence-corrected chi connectivity index (χ4v) is 5.34. The van der Waals surface area contributed by atoms with Crippen LogP contribution in [0.25, 0.3) is 0 Å². The number of piperidine rings is 1. The normalized spacial score (nSPS) is 26.8. The second-order valence-electron chi connectivity index (χ2n) is 7.73. The molecule has 146 valence electrons. The van der Waals surface area contributed by atoms with Gasteiger partial charge in [0.1, 0.15) is 0 Å². The molecule has 0 spiro atoms. The summed E-state index contributed by atoms with van der Waals surface area (Å²) in [7, 11) is -1.22. The van der Waals surface area contributed by atoms with Crippen molar-refractivity contribution in [2.45, 2.75) is 25.8 Å². The lowest BCUT2D eigenvalue weighted by Gasteiger charge is -2.40. The molecule has 2 saturated heterocycles. The van der Waals surface area contributed by atoms with Crippen LogP contribution in [0.4, 0.5) is 0 Å². The van der Waals surface area contributed by atoms with Gasteiger partial charge in [-0.1, -0.05) is 37.3 Å². The van der Waals surface area contributed by atoms with E-state index in [0.29, 0.717) is 31.6 Å². The van der Waals surface area contributed by atoms with Gasteiger partial charge in [-0.2, -0.15) is 12.7 Å². The van der Waals surface area contributed by atoms with Crippen LogP contribution >= 0.6 is 0 Å². The molecule has 26 heavy (non-hydrogen) atoms. The predicted octanol–water partition coefficient (Wildman–Crippen LogP) is 1.54. The molecule has 0 radical (unpaired) electrons. The monoisotopic (exact) mass is 380 g/mol. The number of likely N-dealkylation sites (N-methyl/N-ethyl adjacent to an activating group) is 1. The van der Waals surface area contributed by atoms with Gasteiger partial charge in [0.2, 0.25) is 0 Å². The van der Waals surface area contributed by atoms with Crippen molar-refractivity contribution in [2.24, 2.45) is 5.92 Å². The van der Waals surface area contributed by atoms with Crippen LogP contribution in [-0.4, -0.2) is 75.4 Å². The lowest BCUT2D eigenvalue weighted by Crippen LogP contribution is -2.50. The first-order valence-corrected chi connectivity index (χ1v) is 11.1. The van der Waals surface area contributed by atoms with E-state index in [2.05, 4.69) is 52.8 Å². The third kappa shape index (κ3) is 5.04. The van der Waals surface area contributed by atoms with Gasteiger partial charge in [0, 0.05) is 51.9 Å². The van der Waals surface area contributed by atoms with E-state index in [1.165, 1.54) is 5.56 Å². The summed E-state index contributed by atoms with van der Waals surface area (Å²) in [6.45, 7) is 7.53. The SMILES string of the molecule is C[C@@H]1CCCN(S(=O)(=O)NCCN2CCN(C)C[C@H]2c2ccccc2)C1. The topological polar surface area (TPSA) is 55.9 Å². The van der Waals surface area contributed by atoms with Crippen LogP contribution in [0.1, 0.15) is 31.4 Å². The minimum atomic E-state index is -3.36. The average Bonchev–Trinajstić information content (AvgIpc) is 2.63. The van der Waals surface area contributed by atoms with Crippen LogP contribution in [0.5, 0.6) is 0 Å². The van der Waals surface area contributed by atoms with Crippen molar-refractivity contribution in [2.75, 3.05) is 52.9 Å². The van der Waals surface area contributed by atoms with Crippen LogP contribution in [0.15, 0.2) is 30.3 Å². The van der Waals surface area contributed by atoms with Crippen molar-refractivity contribution < 1.29 is 8.42 Å². The maximum absolute atomic E-state index is 12.6. The Labute approximate surface area is 158 Å². The minimum absolute atomic E-state index is 0.314. The summed E-state index contributed by atoms with van der Waals surface area (Å²) in [6.07, 6.45) is 2.07. The number of hydrogen-bond acceptors (Lipinski definition) is 4. The molecule has 1 aromatic rings. The number of rotatable bonds is 6. The lowest BCUT2D eigenvalue weighted by atomic mass is 10.0. The zero-order valence-corrected chi connectivity index (χ0v) is 16.8. The Balaban J connectivity index is 1.57. The molecule has 2 atom stereocenters. The molecule has 1 aromatic carbocycles. The van der Waals surface area contributed by atoms with Gasteiger partial charge in [-0.3, -0.25) is 4.90 Å². The third-order valence-electron chi connectivity index (χ3n) is 5.52. The number of benzene rings is 1. The Bertz CT molecular complexity index is 667. The quantitative estimate of drug-likeness (QED) is 0.813. The van der Waals surface area contributed by atoms with E-state index in [0.717, 1.165) is 39.0 Å². The maximum atomic E-state index is 12.6. The van der Waals surface area contributed by atoms with Crippen LogP contribution in [0.3, 0.4) is 0 Å². The van der Waals surface area contributed by atoms with Gasteiger partial charge in [0.25, 0.3) is 10.2 Å². The Kier molecular flexibility index (Phi) is 6.69. The van der Waals surface area contributed by atoms with E-state index in [-0.39, 0.29) is 0 Å². The predicted molar refractivity (Wildman–Crippen MR) is 105 cm³/mol. The molecule has 0 amide bonds. The molecule has 2 aliphatic rings. The van der Waals surface area contributed by atoms with E-state index in [4.69, 9.17) is 0 Å².